The van der Waals surface area contributed by atoms with Crippen LogP contribution in [0.25, 0.3) is 0 Å². The third-order valence-electron chi connectivity index (χ3n) is 2.13. The summed E-state index contributed by atoms with van der Waals surface area (Å²) in [6.07, 6.45) is 3.52. The van der Waals surface area contributed by atoms with Gasteiger partial charge in [-0.15, -0.1) is 0 Å². The second-order valence-corrected chi connectivity index (χ2v) is 3.54. The van der Waals surface area contributed by atoms with Gasteiger partial charge in [-0.1, -0.05) is 0 Å². The molecule has 0 N–H and O–H groups in total. The number of ether oxygens (including phenoxy) is 2. The van der Waals surface area contributed by atoms with Gasteiger partial charge in [-0.2, -0.15) is 0 Å². The van der Waals surface area contributed by atoms with E-state index in [1.807, 2.05) is 0 Å². The monoisotopic (exact) mass is 242 g/mol. The number of hydrogen-bond acceptors (Lipinski definition) is 6. The van der Waals surface area contributed by atoms with E-state index in [2.05, 4.69) is 0 Å². The number of esters is 2. The highest BCUT2D eigenvalue weighted by molar-refractivity contribution is 5.72. The van der Waals surface area contributed by atoms with Gasteiger partial charge in [-0.25, -0.2) is 0 Å². The Morgan fingerprint density at radius 3 is 1.76 bits per heavy atom. The molecule has 1 rings (SSSR count). The Morgan fingerprint density at radius 2 is 1.41 bits per heavy atom. The zero-order chi connectivity index (χ0) is 12.7. The molecule has 0 aliphatic carbocycles. The summed E-state index contributed by atoms with van der Waals surface area (Å²) in [5.74, 6) is -0.537. The van der Waals surface area contributed by atoms with E-state index in [4.69, 9.17) is 9.47 Å². The van der Waals surface area contributed by atoms with Gasteiger partial charge in [0.1, 0.15) is 13.1 Å². The van der Waals surface area contributed by atoms with Crippen molar-refractivity contribution in [1.82, 2.24) is 9.80 Å². The summed E-state index contributed by atoms with van der Waals surface area (Å²) in [6, 6.07) is 0. The van der Waals surface area contributed by atoms with Gasteiger partial charge >= 0.3 is 11.9 Å². The van der Waals surface area contributed by atoms with Crippen molar-refractivity contribution in [3.05, 3.63) is 12.4 Å². The second-order valence-electron chi connectivity index (χ2n) is 3.54. The van der Waals surface area contributed by atoms with E-state index in [9.17, 15) is 9.59 Å². The first-order valence-corrected chi connectivity index (χ1v) is 5.63. The Labute approximate surface area is 101 Å². The number of nitrogens with zero attached hydrogens (tertiary/aromatic N) is 2. The fourth-order valence-corrected chi connectivity index (χ4v) is 1.47. The zero-order valence-electron chi connectivity index (χ0n) is 10.2. The molecule has 0 spiro atoms. The van der Waals surface area contributed by atoms with Gasteiger partial charge < -0.3 is 19.3 Å². The lowest BCUT2D eigenvalue weighted by Crippen LogP contribution is -2.33. The summed E-state index contributed by atoms with van der Waals surface area (Å²) in [4.78, 5) is 26.0. The van der Waals surface area contributed by atoms with Crippen molar-refractivity contribution in [2.45, 2.75) is 13.8 Å². The van der Waals surface area contributed by atoms with Crippen molar-refractivity contribution < 1.29 is 19.1 Å². The van der Waals surface area contributed by atoms with Crippen LogP contribution in [0.15, 0.2) is 12.4 Å². The lowest BCUT2D eigenvalue weighted by molar-refractivity contribution is -0.144. The van der Waals surface area contributed by atoms with E-state index in [0.29, 0.717) is 19.9 Å². The Bertz CT molecular complexity index is 276. The Balaban J connectivity index is 2.26. The van der Waals surface area contributed by atoms with Crippen LogP contribution in [0.1, 0.15) is 13.8 Å². The van der Waals surface area contributed by atoms with Crippen molar-refractivity contribution in [2.24, 2.45) is 0 Å². The molecule has 0 aromatic carbocycles. The molecular weight excluding hydrogens is 224 g/mol. The number of carbonyl (C=O) groups is 2. The van der Waals surface area contributed by atoms with Gasteiger partial charge in [0.05, 0.1) is 19.9 Å². The van der Waals surface area contributed by atoms with Crippen LogP contribution >= 0.6 is 0 Å². The van der Waals surface area contributed by atoms with Crippen molar-refractivity contribution >= 4 is 11.9 Å². The molecule has 1 heterocycles. The molecule has 0 fully saturated rings. The molecule has 6 nitrogen and oxygen atoms in total. The predicted octanol–water partition coefficient (Wildman–Crippen LogP) is 0.159. The van der Waals surface area contributed by atoms with Gasteiger partial charge in [-0.3, -0.25) is 9.59 Å². The first-order chi connectivity index (χ1) is 8.15. The maximum absolute atomic E-state index is 11.2. The zero-order valence-corrected chi connectivity index (χ0v) is 10.2. The summed E-state index contributed by atoms with van der Waals surface area (Å²) < 4.78 is 9.67. The molecule has 17 heavy (non-hydrogen) atoms. The minimum absolute atomic E-state index is 0.198. The second kappa shape index (κ2) is 6.78. The molecule has 1 aliphatic rings. The van der Waals surface area contributed by atoms with Gasteiger partial charge in [0.25, 0.3) is 0 Å². The summed E-state index contributed by atoms with van der Waals surface area (Å²) in [5, 5.41) is 0. The Morgan fingerprint density at radius 1 is 1.00 bits per heavy atom. The highest BCUT2D eigenvalue weighted by atomic mass is 16.5. The SMILES string of the molecule is CCOC(=O)CN1C=CN(CC(=O)OCC)C1. The highest BCUT2D eigenvalue weighted by Crippen LogP contribution is 2.06. The van der Waals surface area contributed by atoms with E-state index in [1.165, 1.54) is 0 Å². The standard InChI is InChI=1S/C11H18N2O4/c1-3-16-10(14)7-12-5-6-13(9-12)8-11(15)17-4-2/h5-6H,3-4,7-9H2,1-2H3. The minimum Gasteiger partial charge on any atom is -0.465 e. The molecule has 0 bridgehead atoms. The lowest BCUT2D eigenvalue weighted by Gasteiger charge is -2.19. The predicted molar refractivity (Wildman–Crippen MR) is 60.7 cm³/mol. The largest absolute Gasteiger partial charge is 0.465 e. The number of rotatable bonds is 6. The summed E-state index contributed by atoms with van der Waals surface area (Å²) in [7, 11) is 0. The summed E-state index contributed by atoms with van der Waals surface area (Å²) in [6.45, 7) is 5.19. The third kappa shape index (κ3) is 4.76. The Kier molecular flexibility index (Phi) is 5.32. The van der Waals surface area contributed by atoms with Crippen LogP contribution in [0, 0.1) is 0 Å². The molecule has 96 valence electrons. The van der Waals surface area contributed by atoms with Crippen molar-refractivity contribution in [3.8, 4) is 0 Å². The average Bonchev–Trinajstić information content (AvgIpc) is 2.66. The topological polar surface area (TPSA) is 59.1 Å². The molecule has 0 aromatic rings. The normalized spacial score (nSPS) is 14.0. The molecule has 0 radical (unpaired) electrons. The first kappa shape index (κ1) is 13.3. The minimum atomic E-state index is -0.268. The molecule has 0 saturated heterocycles. The van der Waals surface area contributed by atoms with E-state index in [0.717, 1.165) is 0 Å². The summed E-state index contributed by atoms with van der Waals surface area (Å²) in [5.41, 5.74) is 0. The van der Waals surface area contributed by atoms with Gasteiger partial charge in [0, 0.05) is 12.4 Å². The molecule has 0 aromatic heterocycles. The lowest BCUT2D eigenvalue weighted by atomic mass is 10.5. The fourth-order valence-electron chi connectivity index (χ4n) is 1.47. The van der Waals surface area contributed by atoms with E-state index in [1.54, 1.807) is 36.0 Å². The van der Waals surface area contributed by atoms with Crippen molar-refractivity contribution in [2.75, 3.05) is 33.0 Å². The van der Waals surface area contributed by atoms with Crippen LogP contribution in [-0.4, -0.2) is 54.7 Å². The quantitative estimate of drug-likeness (QED) is 0.618. The molecule has 0 saturated carbocycles. The van der Waals surface area contributed by atoms with Gasteiger partial charge in [0.2, 0.25) is 0 Å². The van der Waals surface area contributed by atoms with E-state index in [-0.39, 0.29) is 25.0 Å². The third-order valence-corrected chi connectivity index (χ3v) is 2.13. The van der Waals surface area contributed by atoms with Gasteiger partial charge in [0.15, 0.2) is 0 Å². The molecule has 1 aliphatic heterocycles. The molecular formula is C11H18N2O4. The maximum atomic E-state index is 11.2. The number of hydrogen-bond donors (Lipinski definition) is 0. The van der Waals surface area contributed by atoms with Crippen molar-refractivity contribution in [3.63, 3.8) is 0 Å². The van der Waals surface area contributed by atoms with Crippen LogP contribution < -0.4 is 0 Å². The van der Waals surface area contributed by atoms with Crippen LogP contribution in [0.5, 0.6) is 0 Å². The van der Waals surface area contributed by atoms with Crippen LogP contribution in [0.2, 0.25) is 0 Å². The maximum Gasteiger partial charge on any atom is 0.325 e. The van der Waals surface area contributed by atoms with E-state index >= 15 is 0 Å². The van der Waals surface area contributed by atoms with Crippen LogP contribution in [0.3, 0.4) is 0 Å². The van der Waals surface area contributed by atoms with Crippen LogP contribution in [0.4, 0.5) is 0 Å². The smallest absolute Gasteiger partial charge is 0.325 e. The van der Waals surface area contributed by atoms with Gasteiger partial charge in [-0.05, 0) is 13.8 Å². The number of carbonyl (C=O) groups excluding carboxylic acids is 2. The first-order valence-electron chi connectivity index (χ1n) is 5.63. The summed E-state index contributed by atoms with van der Waals surface area (Å²) >= 11 is 0. The fraction of sp³-hybridized carbons (Fsp3) is 0.636. The molecule has 0 atom stereocenters. The average molecular weight is 242 g/mol. The molecule has 0 unspecified atom stereocenters. The highest BCUT2D eigenvalue weighted by Gasteiger charge is 2.18. The Hall–Kier alpha value is -1.72. The molecule has 6 heteroatoms. The molecule has 0 amide bonds. The van der Waals surface area contributed by atoms with Crippen molar-refractivity contribution in [1.29, 1.82) is 0 Å². The van der Waals surface area contributed by atoms with Crippen LogP contribution in [-0.2, 0) is 19.1 Å². The van der Waals surface area contributed by atoms with E-state index < -0.39 is 0 Å².